The van der Waals surface area contributed by atoms with Crippen molar-refractivity contribution >= 4 is 11.9 Å². The van der Waals surface area contributed by atoms with Crippen LogP contribution in [0.4, 0.5) is 17.6 Å². The van der Waals surface area contributed by atoms with Crippen molar-refractivity contribution in [2.75, 3.05) is 14.2 Å². The van der Waals surface area contributed by atoms with Crippen LogP contribution < -0.4 is 5.73 Å². The quantitative estimate of drug-likeness (QED) is 0.645. The number of amides is 1. The van der Waals surface area contributed by atoms with Gasteiger partial charge in [-0.25, -0.2) is 9.38 Å². The summed E-state index contributed by atoms with van der Waals surface area (Å²) >= 11 is 0. The van der Waals surface area contributed by atoms with Gasteiger partial charge >= 0.3 is 6.18 Å². The molecule has 1 fully saturated rings. The number of methoxy groups -OCH3 is 1. The number of ether oxygens (including phenoxy) is 1. The molecule has 1 amide bonds. The SMILES string of the molecule is COC1CCC2(CC1)Cc1ccc(-c3ccc(F)c(C(F)(F)F)c3)cc1C21N=C(N)N(C)C1=O. The van der Waals surface area contributed by atoms with E-state index in [1.54, 1.807) is 26.3 Å². The number of alkyl halides is 3. The molecule has 0 aromatic heterocycles. The number of guanidine groups is 1. The van der Waals surface area contributed by atoms with Crippen LogP contribution in [-0.2, 0) is 27.7 Å². The zero-order valence-electron chi connectivity index (χ0n) is 18.9. The van der Waals surface area contributed by atoms with Gasteiger partial charge in [-0.2, -0.15) is 13.2 Å². The number of likely N-dealkylation sites (N-methyl/N-ethyl adjacent to an activating group) is 1. The minimum atomic E-state index is -4.81. The van der Waals surface area contributed by atoms with Gasteiger partial charge in [-0.05, 0) is 72.6 Å². The number of aliphatic imine (C=N–C) groups is 1. The average Bonchev–Trinajstić information content (AvgIpc) is 3.20. The number of hydrogen-bond donors (Lipinski definition) is 1. The molecule has 2 aliphatic carbocycles. The molecule has 5 rings (SSSR count). The van der Waals surface area contributed by atoms with Crippen LogP contribution in [0.5, 0.6) is 0 Å². The summed E-state index contributed by atoms with van der Waals surface area (Å²) in [5.74, 6) is -1.43. The first-order valence-electron chi connectivity index (χ1n) is 11.2. The second-order valence-corrected chi connectivity index (χ2v) is 9.50. The van der Waals surface area contributed by atoms with Crippen molar-refractivity contribution in [3.63, 3.8) is 0 Å². The molecule has 1 heterocycles. The molecule has 1 atom stereocenters. The lowest BCUT2D eigenvalue weighted by atomic mass is 9.61. The predicted octanol–water partition coefficient (Wildman–Crippen LogP) is 4.63. The van der Waals surface area contributed by atoms with Gasteiger partial charge in [0.1, 0.15) is 5.82 Å². The molecule has 1 unspecified atom stereocenters. The fraction of sp³-hybridized carbons (Fsp3) is 0.440. The number of carbonyl (C=O) groups excluding carboxylic acids is 1. The Kier molecular flexibility index (Phi) is 5.06. The highest BCUT2D eigenvalue weighted by Gasteiger charge is 2.66. The fourth-order valence-corrected chi connectivity index (χ4v) is 6.03. The molecule has 2 N–H and O–H groups in total. The second-order valence-electron chi connectivity index (χ2n) is 9.50. The summed E-state index contributed by atoms with van der Waals surface area (Å²) in [5, 5.41) is 0. The van der Waals surface area contributed by atoms with E-state index in [1.807, 2.05) is 6.07 Å². The molecule has 34 heavy (non-hydrogen) atoms. The predicted molar refractivity (Wildman–Crippen MR) is 118 cm³/mol. The van der Waals surface area contributed by atoms with Gasteiger partial charge in [0, 0.05) is 19.6 Å². The molecule has 1 saturated carbocycles. The molecule has 0 saturated heterocycles. The van der Waals surface area contributed by atoms with E-state index in [0.29, 0.717) is 30.4 Å². The molecular weight excluding hydrogens is 450 g/mol. The van der Waals surface area contributed by atoms with Crippen LogP contribution >= 0.6 is 0 Å². The first-order chi connectivity index (χ1) is 16.0. The third-order valence-corrected chi connectivity index (χ3v) is 7.86. The first-order valence-corrected chi connectivity index (χ1v) is 11.2. The Morgan fingerprint density at radius 3 is 2.35 bits per heavy atom. The van der Waals surface area contributed by atoms with Crippen molar-refractivity contribution in [2.24, 2.45) is 16.1 Å². The standard InChI is InChI=1S/C25H25F4N3O2/c1-32-21(33)24(31-22(32)30)18-11-14(15-5-6-20(26)19(12-15)25(27,28)29)3-4-16(18)13-23(24)9-7-17(34-2)8-10-23/h3-6,11-12,17H,7-10,13H2,1-2H3,(H2,30,31). The van der Waals surface area contributed by atoms with Crippen LogP contribution in [0, 0.1) is 11.2 Å². The van der Waals surface area contributed by atoms with Gasteiger partial charge in [0.25, 0.3) is 5.91 Å². The number of fused-ring (bicyclic) bond motifs is 3. The lowest BCUT2D eigenvalue weighted by Crippen LogP contribution is -2.51. The number of halogens is 4. The molecule has 1 aliphatic heterocycles. The van der Waals surface area contributed by atoms with E-state index in [-0.39, 0.29) is 23.5 Å². The minimum absolute atomic E-state index is 0.109. The Hall–Kier alpha value is -2.94. The molecule has 2 spiro atoms. The highest BCUT2D eigenvalue weighted by atomic mass is 19.4. The summed E-state index contributed by atoms with van der Waals surface area (Å²) in [6, 6.07) is 8.23. The average molecular weight is 475 g/mol. The maximum Gasteiger partial charge on any atom is 0.419 e. The highest BCUT2D eigenvalue weighted by molar-refractivity contribution is 6.08. The molecule has 180 valence electrons. The van der Waals surface area contributed by atoms with Gasteiger partial charge in [0.05, 0.1) is 11.7 Å². The van der Waals surface area contributed by atoms with Gasteiger partial charge in [-0.1, -0.05) is 18.2 Å². The molecule has 2 aromatic rings. The molecule has 0 bridgehead atoms. The van der Waals surface area contributed by atoms with E-state index in [4.69, 9.17) is 15.5 Å². The van der Waals surface area contributed by atoms with Crippen LogP contribution in [0.3, 0.4) is 0 Å². The van der Waals surface area contributed by atoms with Gasteiger partial charge in [0.15, 0.2) is 11.5 Å². The first kappa shape index (κ1) is 22.8. The van der Waals surface area contributed by atoms with E-state index in [2.05, 4.69) is 0 Å². The Morgan fingerprint density at radius 2 is 1.76 bits per heavy atom. The molecule has 5 nitrogen and oxygen atoms in total. The van der Waals surface area contributed by atoms with Gasteiger partial charge in [-0.15, -0.1) is 0 Å². The normalized spacial score (nSPS) is 28.6. The van der Waals surface area contributed by atoms with Gasteiger partial charge in [0.2, 0.25) is 0 Å². The van der Waals surface area contributed by atoms with E-state index in [9.17, 15) is 22.4 Å². The van der Waals surface area contributed by atoms with Crippen molar-refractivity contribution < 1.29 is 27.1 Å². The number of rotatable bonds is 2. The van der Waals surface area contributed by atoms with Crippen LogP contribution in [-0.4, -0.2) is 37.0 Å². The van der Waals surface area contributed by atoms with Crippen LogP contribution in [0.25, 0.3) is 11.1 Å². The topological polar surface area (TPSA) is 67.9 Å². The Bertz CT molecular complexity index is 1200. The van der Waals surface area contributed by atoms with Gasteiger partial charge < -0.3 is 10.5 Å². The highest BCUT2D eigenvalue weighted by Crippen LogP contribution is 2.62. The summed E-state index contributed by atoms with van der Waals surface area (Å²) in [5.41, 5.74) is 5.34. The molecule has 2 aromatic carbocycles. The number of hydrogen-bond acceptors (Lipinski definition) is 4. The summed E-state index contributed by atoms with van der Waals surface area (Å²) < 4.78 is 59.3. The number of nitrogens with two attached hydrogens (primary N) is 1. The van der Waals surface area contributed by atoms with Crippen LogP contribution in [0.1, 0.15) is 42.4 Å². The van der Waals surface area contributed by atoms with Crippen molar-refractivity contribution in [3.8, 4) is 11.1 Å². The lowest BCUT2D eigenvalue weighted by molar-refractivity contribution is -0.140. The molecule has 3 aliphatic rings. The smallest absolute Gasteiger partial charge is 0.381 e. The van der Waals surface area contributed by atoms with Crippen LogP contribution in [0.2, 0.25) is 0 Å². The summed E-state index contributed by atoms with van der Waals surface area (Å²) in [7, 11) is 3.26. The van der Waals surface area contributed by atoms with Crippen LogP contribution in [0.15, 0.2) is 41.4 Å². The fourth-order valence-electron chi connectivity index (χ4n) is 6.03. The van der Waals surface area contributed by atoms with Crippen molar-refractivity contribution in [1.82, 2.24) is 4.90 Å². The Labute approximate surface area is 194 Å². The number of nitrogens with zero attached hydrogens (tertiary/aromatic N) is 2. The van der Waals surface area contributed by atoms with E-state index >= 15 is 0 Å². The van der Waals surface area contributed by atoms with E-state index in [1.165, 1.54) is 11.0 Å². The second kappa shape index (κ2) is 7.53. The summed E-state index contributed by atoms with van der Waals surface area (Å²) in [4.78, 5) is 19.8. The number of carbonyl (C=O) groups is 1. The summed E-state index contributed by atoms with van der Waals surface area (Å²) in [6.45, 7) is 0. The summed E-state index contributed by atoms with van der Waals surface area (Å²) in [6.07, 6.45) is -1.12. The third-order valence-electron chi connectivity index (χ3n) is 7.86. The zero-order valence-corrected chi connectivity index (χ0v) is 18.9. The Balaban J connectivity index is 1.66. The van der Waals surface area contributed by atoms with Crippen molar-refractivity contribution in [2.45, 2.75) is 49.9 Å². The molecular formula is C25H25F4N3O2. The number of benzene rings is 2. The lowest BCUT2D eigenvalue weighted by Gasteiger charge is -2.45. The van der Waals surface area contributed by atoms with E-state index in [0.717, 1.165) is 30.5 Å². The maximum absolute atomic E-state index is 13.9. The monoisotopic (exact) mass is 475 g/mol. The van der Waals surface area contributed by atoms with Crippen molar-refractivity contribution in [3.05, 3.63) is 58.9 Å². The Morgan fingerprint density at radius 1 is 1.12 bits per heavy atom. The largest absolute Gasteiger partial charge is 0.419 e. The maximum atomic E-state index is 13.9. The third kappa shape index (κ3) is 3.09. The van der Waals surface area contributed by atoms with Crippen molar-refractivity contribution in [1.29, 1.82) is 0 Å². The zero-order chi connectivity index (χ0) is 24.5. The minimum Gasteiger partial charge on any atom is -0.381 e. The molecule has 0 radical (unpaired) electrons. The molecule has 9 heteroatoms. The van der Waals surface area contributed by atoms with Gasteiger partial charge in [-0.3, -0.25) is 9.69 Å². The van der Waals surface area contributed by atoms with E-state index < -0.39 is 28.5 Å².